The van der Waals surface area contributed by atoms with Crippen LogP contribution in [0.25, 0.3) is 0 Å². The number of carbonyl (C=O) groups excluding carboxylic acids is 2. The van der Waals surface area contributed by atoms with E-state index in [1.165, 1.54) is 141 Å². The summed E-state index contributed by atoms with van der Waals surface area (Å²) in [5.41, 5.74) is -0.376. The molecule has 1 aromatic rings. The van der Waals surface area contributed by atoms with Gasteiger partial charge >= 0.3 is 41.5 Å². The third kappa shape index (κ3) is 31.3. The molecule has 0 heterocycles. The minimum Gasteiger partial charge on any atom is -0.744 e. The number of unbranched alkanes of at least 4 members (excludes halogenated alkanes) is 26. The van der Waals surface area contributed by atoms with Crippen LogP contribution in [-0.4, -0.2) is 38.1 Å². The van der Waals surface area contributed by atoms with Crippen molar-refractivity contribution in [2.75, 3.05) is 13.2 Å². The predicted molar refractivity (Wildman–Crippen MR) is 223 cm³/mol. The van der Waals surface area contributed by atoms with Crippen LogP contribution < -0.4 is 29.6 Å². The van der Waals surface area contributed by atoms with Crippen molar-refractivity contribution in [2.24, 2.45) is 0 Å². The van der Waals surface area contributed by atoms with Crippen molar-refractivity contribution in [1.29, 1.82) is 0 Å². The average molecular weight is 797 g/mol. The van der Waals surface area contributed by atoms with E-state index in [1.54, 1.807) is 0 Å². The van der Waals surface area contributed by atoms with Crippen LogP contribution in [0.4, 0.5) is 0 Å². The summed E-state index contributed by atoms with van der Waals surface area (Å²) in [6.45, 7) is 4.82. The third-order valence-electron chi connectivity index (χ3n) is 10.00. The van der Waals surface area contributed by atoms with Crippen molar-refractivity contribution in [3.05, 3.63) is 53.6 Å². The van der Waals surface area contributed by atoms with E-state index in [9.17, 15) is 22.6 Å². The van der Waals surface area contributed by atoms with E-state index in [0.717, 1.165) is 56.7 Å². The molecule has 7 nitrogen and oxygen atoms in total. The molecule has 0 atom stereocenters. The van der Waals surface area contributed by atoms with Crippen LogP contribution in [0.5, 0.6) is 0 Å². The van der Waals surface area contributed by atoms with E-state index in [4.69, 9.17) is 9.47 Å². The van der Waals surface area contributed by atoms with E-state index in [0.29, 0.717) is 12.8 Å². The van der Waals surface area contributed by atoms with Gasteiger partial charge in [-0.3, -0.25) is 0 Å². The molecule has 1 rings (SSSR count). The zero-order valence-electron chi connectivity index (χ0n) is 35.4. The Balaban J connectivity index is 0.0000292. The molecule has 0 aromatic heterocycles. The molecule has 0 bridgehead atoms. The van der Waals surface area contributed by atoms with Crippen LogP contribution in [0.3, 0.4) is 0 Å². The first-order valence-electron chi connectivity index (χ1n) is 22.0. The molecule has 0 spiro atoms. The monoisotopic (exact) mass is 797 g/mol. The van der Waals surface area contributed by atoms with Gasteiger partial charge in [0, 0.05) is 0 Å². The smallest absolute Gasteiger partial charge is 0.744 e. The third-order valence-corrected chi connectivity index (χ3v) is 10.8. The molecule has 9 heteroatoms. The largest absolute Gasteiger partial charge is 1.00 e. The Bertz CT molecular complexity index is 1240. The zero-order chi connectivity index (χ0) is 39.4. The zero-order valence-corrected chi connectivity index (χ0v) is 38.3. The van der Waals surface area contributed by atoms with Gasteiger partial charge in [-0.15, -0.1) is 0 Å². The molecule has 0 aliphatic carbocycles. The molecule has 0 amide bonds. The number of benzene rings is 1. The Morgan fingerprint density at radius 1 is 0.491 bits per heavy atom. The Morgan fingerprint density at radius 3 is 1.15 bits per heavy atom. The number of carbonyl (C=O) groups is 2. The van der Waals surface area contributed by atoms with Crippen molar-refractivity contribution in [3.8, 4) is 0 Å². The van der Waals surface area contributed by atoms with Gasteiger partial charge in [-0.2, -0.15) is 0 Å². The summed E-state index contributed by atoms with van der Waals surface area (Å²) in [5.74, 6) is -1.59. The Labute approximate surface area is 359 Å². The van der Waals surface area contributed by atoms with Gasteiger partial charge in [-0.1, -0.05) is 167 Å². The Hall–Kier alpha value is -1.45. The molecule has 0 radical (unpaired) electrons. The van der Waals surface area contributed by atoms with E-state index >= 15 is 0 Å². The van der Waals surface area contributed by atoms with Crippen LogP contribution in [-0.2, 0) is 19.6 Å². The number of ether oxygens (including phenoxy) is 2. The van der Waals surface area contributed by atoms with Crippen molar-refractivity contribution in [2.45, 2.75) is 211 Å². The number of esters is 2. The molecule has 0 saturated carbocycles. The Kier molecular flexibility index (Phi) is 37.1. The van der Waals surface area contributed by atoms with Gasteiger partial charge < -0.3 is 14.0 Å². The molecule has 0 fully saturated rings. The second kappa shape index (κ2) is 38.1. The van der Waals surface area contributed by atoms with Gasteiger partial charge in [-0.05, 0) is 82.4 Å². The van der Waals surface area contributed by atoms with Gasteiger partial charge in [0.05, 0.1) is 29.2 Å². The van der Waals surface area contributed by atoms with Gasteiger partial charge in [0.2, 0.25) is 0 Å². The summed E-state index contributed by atoms with van der Waals surface area (Å²) in [6, 6.07) is 3.10. The fourth-order valence-electron chi connectivity index (χ4n) is 6.56. The second-order valence-corrected chi connectivity index (χ2v) is 16.4. The molecule has 0 saturated heterocycles. The first-order valence-corrected chi connectivity index (χ1v) is 23.5. The van der Waals surface area contributed by atoms with E-state index in [2.05, 4.69) is 38.2 Å². The minimum atomic E-state index is -4.83. The van der Waals surface area contributed by atoms with Crippen LogP contribution >= 0.6 is 0 Å². The summed E-state index contributed by atoms with van der Waals surface area (Å²) in [7, 11) is -4.83. The molecule has 0 unspecified atom stereocenters. The Morgan fingerprint density at radius 2 is 0.800 bits per heavy atom. The standard InChI is InChI=1S/C46H78O7S.Na/c1-3-5-7-9-11-13-15-17-19-21-23-25-27-29-31-33-35-39-52-45(47)43-38-37-42(54(49,50)51)41-44(43)46(48)53-40-36-34-32-30-28-26-24-22-20-18-16-14-12-10-8-6-4-2;/h27-30,37-38,41H,3-26,31-36,39-40H2,1-2H3,(H,49,50,51);/q;+1/p-1/b29-27+,30-28+;. The van der Waals surface area contributed by atoms with Gasteiger partial charge in [0.15, 0.2) is 0 Å². The summed E-state index contributed by atoms with van der Waals surface area (Å²) in [5, 5.41) is 0. The molecule has 55 heavy (non-hydrogen) atoms. The van der Waals surface area contributed by atoms with Crippen LogP contribution in [0, 0.1) is 0 Å². The van der Waals surface area contributed by atoms with E-state index < -0.39 is 27.0 Å². The maximum absolute atomic E-state index is 12.9. The average Bonchev–Trinajstić information content (AvgIpc) is 3.16. The van der Waals surface area contributed by atoms with Crippen molar-refractivity contribution in [1.82, 2.24) is 0 Å². The van der Waals surface area contributed by atoms with Crippen LogP contribution in [0.2, 0.25) is 0 Å². The summed E-state index contributed by atoms with van der Waals surface area (Å²) in [4.78, 5) is 25.2. The quantitative estimate of drug-likeness (QED) is 0.0217. The van der Waals surface area contributed by atoms with Crippen molar-refractivity contribution >= 4 is 22.1 Å². The van der Waals surface area contributed by atoms with E-state index in [-0.39, 0.29) is 53.9 Å². The predicted octanol–water partition coefficient (Wildman–Crippen LogP) is 10.8. The fraction of sp³-hybridized carbons (Fsp3) is 0.739. The van der Waals surface area contributed by atoms with Gasteiger partial charge in [0.25, 0.3) is 0 Å². The molecule has 310 valence electrons. The summed E-state index contributed by atoms with van der Waals surface area (Å²) in [6.07, 6.45) is 45.2. The molecular weight excluding hydrogens is 720 g/mol. The normalized spacial score (nSPS) is 11.7. The molecule has 1 aromatic carbocycles. The number of allylic oxidation sites excluding steroid dienone is 4. The maximum atomic E-state index is 12.9. The van der Waals surface area contributed by atoms with Crippen molar-refractivity contribution in [3.63, 3.8) is 0 Å². The van der Waals surface area contributed by atoms with Gasteiger partial charge in [-0.25, -0.2) is 18.0 Å². The van der Waals surface area contributed by atoms with Crippen LogP contribution in [0.1, 0.15) is 227 Å². The number of hydrogen-bond acceptors (Lipinski definition) is 7. The van der Waals surface area contributed by atoms with Crippen LogP contribution in [0.15, 0.2) is 47.4 Å². The first-order chi connectivity index (χ1) is 26.3. The first kappa shape index (κ1) is 53.6. The van der Waals surface area contributed by atoms with E-state index in [1.807, 2.05) is 0 Å². The van der Waals surface area contributed by atoms with Gasteiger partial charge in [0.1, 0.15) is 10.1 Å². The summed E-state index contributed by atoms with van der Waals surface area (Å²) >= 11 is 0. The molecule has 0 aliphatic heterocycles. The fourth-order valence-corrected chi connectivity index (χ4v) is 7.06. The minimum absolute atomic E-state index is 0. The topological polar surface area (TPSA) is 110 Å². The summed E-state index contributed by atoms with van der Waals surface area (Å²) < 4.78 is 45.7. The number of hydrogen-bond donors (Lipinski definition) is 0. The molecular formula is C46H77NaO7S. The number of rotatable bonds is 37. The molecule has 0 aliphatic rings. The molecule has 0 N–H and O–H groups in total. The SMILES string of the molecule is CCCCCCCCCCCCC/C=C/CCCCOC(=O)c1ccc(S(=O)(=O)[O-])cc1C(=O)OCCCC/C=C/CCCCCCCCCCCCC.[Na+]. The van der Waals surface area contributed by atoms with Crippen molar-refractivity contribution < 1.29 is 61.6 Å². The second-order valence-electron chi connectivity index (χ2n) is 15.0. The maximum Gasteiger partial charge on any atom is 1.00 e.